The SMILES string of the molecule is CC/C=C\C/C=C\C/C=C\C/C=C\CCCCCCCCC(=O)OCC(COCCC/C=C\C/C=C\C/C=C\C/C=C\CC)OC(=O)CCCCC/C=C\C/C=C\C/C=C\CC. The molecule has 0 N–H and O–H groups in total. The molecule has 0 saturated heterocycles. The van der Waals surface area contributed by atoms with Gasteiger partial charge in [-0.3, -0.25) is 9.59 Å². The van der Waals surface area contributed by atoms with E-state index in [1.165, 1.54) is 19.3 Å². The molecule has 0 bridgehead atoms. The molecule has 0 aliphatic heterocycles. The second kappa shape index (κ2) is 51.4. The molecule has 0 aromatic rings. The molecule has 0 radical (unpaired) electrons. The lowest BCUT2D eigenvalue weighted by Gasteiger charge is -2.18. The number of hydrogen-bond donors (Lipinski definition) is 0. The van der Waals surface area contributed by atoms with Crippen molar-refractivity contribution in [2.45, 2.75) is 194 Å². The zero-order chi connectivity index (χ0) is 44.9. The van der Waals surface area contributed by atoms with Gasteiger partial charge in [-0.25, -0.2) is 0 Å². The first kappa shape index (κ1) is 58.0. The summed E-state index contributed by atoms with van der Waals surface area (Å²) < 4.78 is 17.3. The van der Waals surface area contributed by atoms with Crippen LogP contribution >= 0.6 is 0 Å². The van der Waals surface area contributed by atoms with Crippen LogP contribution < -0.4 is 0 Å². The fourth-order valence-corrected chi connectivity index (χ4v) is 6.11. The van der Waals surface area contributed by atoms with Gasteiger partial charge in [0, 0.05) is 19.4 Å². The van der Waals surface area contributed by atoms with E-state index in [0.29, 0.717) is 19.4 Å². The molecule has 0 saturated carbocycles. The van der Waals surface area contributed by atoms with Gasteiger partial charge in [0.15, 0.2) is 6.10 Å². The summed E-state index contributed by atoms with van der Waals surface area (Å²) in [5.74, 6) is -0.490. The molecule has 0 heterocycles. The summed E-state index contributed by atoms with van der Waals surface area (Å²) in [6.07, 6.45) is 73.3. The highest BCUT2D eigenvalue weighted by Crippen LogP contribution is 2.11. The Balaban J connectivity index is 4.42. The molecule has 0 aliphatic rings. The third-order valence-electron chi connectivity index (χ3n) is 9.66. The molecule has 5 heteroatoms. The Bertz CT molecular complexity index is 1330. The summed E-state index contributed by atoms with van der Waals surface area (Å²) in [6.45, 7) is 7.27. The average Bonchev–Trinajstić information content (AvgIpc) is 3.27. The molecule has 1 atom stereocenters. The minimum atomic E-state index is -0.595. The van der Waals surface area contributed by atoms with Gasteiger partial charge in [0.1, 0.15) is 6.61 Å². The summed E-state index contributed by atoms with van der Waals surface area (Å²) >= 11 is 0. The number of esters is 2. The van der Waals surface area contributed by atoms with E-state index in [4.69, 9.17) is 14.2 Å². The van der Waals surface area contributed by atoms with Crippen molar-refractivity contribution in [1.82, 2.24) is 0 Å². The standard InChI is InChI=1S/C57H90O5/c1-4-7-10-13-16-19-22-25-27-28-29-30-31-33-35-38-41-44-47-50-56(58)61-54-55(53-60-52-49-46-43-40-37-34-26-23-20-17-14-11-8-5-2)62-57(59)51-48-45-42-39-36-32-24-21-18-15-12-9-6-3/h7-12,16-21,25-27,29-30,32,34,36,40,43,55H,4-6,13-15,22-24,28,31,33,35,37-39,41-42,44-54H2,1-3H3/b10-7-,11-8-,12-9-,19-16-,20-17-,21-18-,27-25-,30-29-,34-26-,36-32-,43-40-. The summed E-state index contributed by atoms with van der Waals surface area (Å²) in [7, 11) is 0. The van der Waals surface area contributed by atoms with Crippen LogP contribution in [0.15, 0.2) is 134 Å². The van der Waals surface area contributed by atoms with Crippen LogP contribution in [-0.2, 0) is 23.8 Å². The number of unbranched alkanes of at least 4 members (excludes halogenated alkanes) is 10. The highest BCUT2D eigenvalue weighted by Gasteiger charge is 2.17. The van der Waals surface area contributed by atoms with E-state index in [2.05, 4.69) is 154 Å². The summed E-state index contributed by atoms with van der Waals surface area (Å²) in [5.41, 5.74) is 0. The Morgan fingerprint density at radius 1 is 0.355 bits per heavy atom. The number of ether oxygens (including phenoxy) is 3. The van der Waals surface area contributed by atoms with Gasteiger partial charge >= 0.3 is 11.9 Å². The van der Waals surface area contributed by atoms with Crippen molar-refractivity contribution in [2.75, 3.05) is 19.8 Å². The van der Waals surface area contributed by atoms with Gasteiger partial charge < -0.3 is 14.2 Å². The van der Waals surface area contributed by atoms with Crippen LogP contribution in [-0.4, -0.2) is 37.9 Å². The van der Waals surface area contributed by atoms with E-state index in [9.17, 15) is 9.59 Å². The third-order valence-corrected chi connectivity index (χ3v) is 9.66. The van der Waals surface area contributed by atoms with Gasteiger partial charge in [0.2, 0.25) is 0 Å². The fourth-order valence-electron chi connectivity index (χ4n) is 6.11. The fraction of sp³-hybridized carbons (Fsp3) is 0.579. The molecule has 0 rings (SSSR count). The topological polar surface area (TPSA) is 61.8 Å². The van der Waals surface area contributed by atoms with Gasteiger partial charge in [-0.1, -0.05) is 187 Å². The molecule has 348 valence electrons. The van der Waals surface area contributed by atoms with Crippen LogP contribution in [0.3, 0.4) is 0 Å². The van der Waals surface area contributed by atoms with Crippen LogP contribution in [0.2, 0.25) is 0 Å². The summed E-state index contributed by atoms with van der Waals surface area (Å²) in [5, 5.41) is 0. The lowest BCUT2D eigenvalue weighted by molar-refractivity contribution is -0.163. The second-order valence-electron chi connectivity index (χ2n) is 15.6. The maximum absolute atomic E-state index is 12.8. The van der Waals surface area contributed by atoms with Crippen LogP contribution in [0, 0.1) is 0 Å². The van der Waals surface area contributed by atoms with Gasteiger partial charge in [-0.2, -0.15) is 0 Å². The number of hydrogen-bond acceptors (Lipinski definition) is 5. The predicted molar refractivity (Wildman–Crippen MR) is 269 cm³/mol. The van der Waals surface area contributed by atoms with Crippen LogP contribution in [0.1, 0.15) is 188 Å². The van der Waals surface area contributed by atoms with Crippen molar-refractivity contribution in [1.29, 1.82) is 0 Å². The number of carbonyl (C=O) groups excluding carboxylic acids is 2. The zero-order valence-corrected chi connectivity index (χ0v) is 39.8. The molecule has 0 spiro atoms. The number of allylic oxidation sites excluding steroid dienone is 22. The lowest BCUT2D eigenvalue weighted by Crippen LogP contribution is -2.30. The molecule has 0 aliphatic carbocycles. The Kier molecular flexibility index (Phi) is 48.1. The zero-order valence-electron chi connectivity index (χ0n) is 39.8. The van der Waals surface area contributed by atoms with Crippen molar-refractivity contribution in [3.63, 3.8) is 0 Å². The highest BCUT2D eigenvalue weighted by molar-refractivity contribution is 5.70. The molecular formula is C57H90O5. The molecule has 1 unspecified atom stereocenters. The highest BCUT2D eigenvalue weighted by atomic mass is 16.6. The van der Waals surface area contributed by atoms with Crippen molar-refractivity contribution in [3.8, 4) is 0 Å². The molecular weight excluding hydrogens is 765 g/mol. The molecule has 0 aromatic carbocycles. The molecule has 62 heavy (non-hydrogen) atoms. The lowest BCUT2D eigenvalue weighted by atomic mass is 10.1. The Hall–Kier alpha value is -3.96. The Morgan fingerprint density at radius 3 is 1.10 bits per heavy atom. The smallest absolute Gasteiger partial charge is 0.306 e. The predicted octanol–water partition coefficient (Wildman–Crippen LogP) is 16.8. The van der Waals surface area contributed by atoms with Gasteiger partial charge in [0.25, 0.3) is 0 Å². The maximum Gasteiger partial charge on any atom is 0.306 e. The molecule has 0 aromatic heterocycles. The van der Waals surface area contributed by atoms with E-state index < -0.39 is 6.10 Å². The van der Waals surface area contributed by atoms with E-state index in [0.717, 1.165) is 135 Å². The van der Waals surface area contributed by atoms with E-state index >= 15 is 0 Å². The Morgan fingerprint density at radius 2 is 0.677 bits per heavy atom. The normalized spacial score (nSPS) is 13.4. The van der Waals surface area contributed by atoms with E-state index in [-0.39, 0.29) is 25.2 Å². The first-order valence-electron chi connectivity index (χ1n) is 24.7. The minimum absolute atomic E-state index is 0.0346. The number of carbonyl (C=O) groups is 2. The molecule has 0 fully saturated rings. The van der Waals surface area contributed by atoms with Crippen molar-refractivity contribution >= 4 is 11.9 Å². The van der Waals surface area contributed by atoms with Gasteiger partial charge in [0.05, 0.1) is 6.61 Å². The van der Waals surface area contributed by atoms with Crippen LogP contribution in [0.4, 0.5) is 0 Å². The van der Waals surface area contributed by atoms with Crippen molar-refractivity contribution < 1.29 is 23.8 Å². The molecule has 0 amide bonds. The Labute approximate surface area is 381 Å². The summed E-state index contributed by atoms with van der Waals surface area (Å²) in [6, 6.07) is 0. The molecule has 5 nitrogen and oxygen atoms in total. The first-order valence-corrected chi connectivity index (χ1v) is 24.7. The third kappa shape index (κ3) is 48.7. The largest absolute Gasteiger partial charge is 0.462 e. The summed E-state index contributed by atoms with van der Waals surface area (Å²) in [4.78, 5) is 25.4. The van der Waals surface area contributed by atoms with Crippen molar-refractivity contribution in [2.24, 2.45) is 0 Å². The van der Waals surface area contributed by atoms with Gasteiger partial charge in [-0.15, -0.1) is 0 Å². The second-order valence-corrected chi connectivity index (χ2v) is 15.6. The maximum atomic E-state index is 12.8. The minimum Gasteiger partial charge on any atom is -0.462 e. The monoisotopic (exact) mass is 855 g/mol. The van der Waals surface area contributed by atoms with Crippen LogP contribution in [0.5, 0.6) is 0 Å². The average molecular weight is 855 g/mol. The quantitative estimate of drug-likeness (QED) is 0.0347. The van der Waals surface area contributed by atoms with Crippen molar-refractivity contribution in [3.05, 3.63) is 134 Å². The number of rotatable bonds is 43. The van der Waals surface area contributed by atoms with Crippen LogP contribution in [0.25, 0.3) is 0 Å². The van der Waals surface area contributed by atoms with Gasteiger partial charge in [-0.05, 0) is 122 Å². The van der Waals surface area contributed by atoms with E-state index in [1.807, 2.05) is 0 Å². The van der Waals surface area contributed by atoms with E-state index in [1.54, 1.807) is 0 Å². The first-order chi connectivity index (χ1) is 30.6.